The van der Waals surface area contributed by atoms with Gasteiger partial charge >= 0.3 is 11.9 Å². The molecule has 0 aliphatic heterocycles. The van der Waals surface area contributed by atoms with Crippen molar-refractivity contribution in [3.8, 4) is 5.75 Å². The van der Waals surface area contributed by atoms with E-state index >= 15 is 0 Å². The highest BCUT2D eigenvalue weighted by Crippen LogP contribution is 2.35. The van der Waals surface area contributed by atoms with E-state index in [0.717, 1.165) is 28.7 Å². The maximum Gasteiger partial charge on any atom is 0.348 e. The van der Waals surface area contributed by atoms with Crippen LogP contribution in [0.4, 0.5) is 5.00 Å². The van der Waals surface area contributed by atoms with Crippen molar-refractivity contribution in [3.05, 3.63) is 51.7 Å². The predicted octanol–water partition coefficient (Wildman–Crippen LogP) is 3.53. The molecule has 2 N–H and O–H groups in total. The first-order valence-corrected chi connectivity index (χ1v) is 14.5. The van der Waals surface area contributed by atoms with Crippen molar-refractivity contribution in [2.75, 3.05) is 25.6 Å². The maximum atomic E-state index is 13.1. The summed E-state index contributed by atoms with van der Waals surface area (Å²) in [6.45, 7) is 7.12. The minimum Gasteiger partial charge on any atom is -0.497 e. The molecule has 220 valence electrons. The van der Waals surface area contributed by atoms with Crippen LogP contribution in [0.5, 0.6) is 5.75 Å². The zero-order chi connectivity index (χ0) is 30.1. The molecule has 1 aromatic carbocycles. The second-order valence-corrected chi connectivity index (χ2v) is 11.0. The maximum absolute atomic E-state index is 13.1. The van der Waals surface area contributed by atoms with Crippen molar-refractivity contribution in [2.45, 2.75) is 51.1 Å². The topological polar surface area (TPSA) is 151 Å². The van der Waals surface area contributed by atoms with Crippen LogP contribution < -0.4 is 15.4 Å². The fourth-order valence-electron chi connectivity index (χ4n) is 3.64. The minimum absolute atomic E-state index is 0.122. The van der Waals surface area contributed by atoms with Crippen LogP contribution >= 0.6 is 23.1 Å². The highest BCUT2D eigenvalue weighted by Gasteiger charge is 2.29. The van der Waals surface area contributed by atoms with Gasteiger partial charge in [0.1, 0.15) is 15.6 Å². The normalized spacial score (nSPS) is 11.5. The number of anilines is 1. The Hall–Kier alpha value is -3.91. The van der Waals surface area contributed by atoms with Crippen LogP contribution in [0, 0.1) is 6.92 Å². The number of amides is 2. The Balaban J connectivity index is 1.64. The molecule has 0 aliphatic rings. The molecule has 0 saturated carbocycles. The molecule has 0 fully saturated rings. The van der Waals surface area contributed by atoms with Gasteiger partial charge in [0.25, 0.3) is 0 Å². The van der Waals surface area contributed by atoms with E-state index in [1.165, 1.54) is 0 Å². The standard InChI is InChI=1S/C27H33N5O7S2/c1-7-38-25(35)21-15(3)22(26(36)39-8-2)41-24(21)29-23(34)16(4)40-27-31-30-19(32(27)5)14-28-20(33)13-17-9-11-18(37-6)12-10-17/h9-12,16H,7-8,13-14H2,1-6H3,(H,28,33)(H,29,34)/t16-/m1/s1. The number of carbonyl (C=O) groups excluding carboxylic acids is 4. The third-order valence-electron chi connectivity index (χ3n) is 5.87. The van der Waals surface area contributed by atoms with Crippen LogP contribution in [0.1, 0.15) is 57.8 Å². The van der Waals surface area contributed by atoms with Crippen molar-refractivity contribution in [1.82, 2.24) is 20.1 Å². The summed E-state index contributed by atoms with van der Waals surface area (Å²) in [6, 6.07) is 7.24. The average Bonchev–Trinajstić information content (AvgIpc) is 3.46. The number of benzene rings is 1. The lowest BCUT2D eigenvalue weighted by atomic mass is 10.1. The molecule has 0 radical (unpaired) electrons. The smallest absolute Gasteiger partial charge is 0.348 e. The summed E-state index contributed by atoms with van der Waals surface area (Å²) in [4.78, 5) is 50.7. The van der Waals surface area contributed by atoms with E-state index in [4.69, 9.17) is 14.2 Å². The first-order valence-electron chi connectivity index (χ1n) is 12.8. The number of hydrogen-bond acceptors (Lipinski definition) is 11. The summed E-state index contributed by atoms with van der Waals surface area (Å²) in [7, 11) is 3.32. The van der Waals surface area contributed by atoms with Gasteiger partial charge in [-0.15, -0.1) is 21.5 Å². The Morgan fingerprint density at radius 3 is 2.34 bits per heavy atom. The Morgan fingerprint density at radius 2 is 1.71 bits per heavy atom. The molecule has 0 bridgehead atoms. The van der Waals surface area contributed by atoms with Gasteiger partial charge in [0.15, 0.2) is 11.0 Å². The molecule has 2 heterocycles. The van der Waals surface area contributed by atoms with E-state index in [-0.39, 0.29) is 47.5 Å². The molecule has 2 aromatic heterocycles. The summed E-state index contributed by atoms with van der Waals surface area (Å²) in [5, 5.41) is 13.9. The number of thiophene rings is 1. The number of aromatic nitrogens is 3. The third kappa shape index (κ3) is 8.07. The van der Waals surface area contributed by atoms with Gasteiger partial charge in [-0.05, 0) is 51.0 Å². The zero-order valence-electron chi connectivity index (χ0n) is 23.7. The fourth-order valence-corrected chi connectivity index (χ4v) is 5.56. The highest BCUT2D eigenvalue weighted by atomic mass is 32.2. The number of esters is 2. The van der Waals surface area contributed by atoms with E-state index in [9.17, 15) is 19.2 Å². The number of nitrogens with zero attached hydrogens (tertiary/aromatic N) is 3. The SMILES string of the molecule is CCOC(=O)c1sc(NC(=O)[C@@H](C)Sc2nnc(CNC(=O)Cc3ccc(OC)cc3)n2C)c(C(=O)OCC)c1C. The van der Waals surface area contributed by atoms with E-state index in [1.54, 1.807) is 58.6 Å². The van der Waals surface area contributed by atoms with Crippen LogP contribution in [0.2, 0.25) is 0 Å². The molecule has 0 aliphatic carbocycles. The summed E-state index contributed by atoms with van der Waals surface area (Å²) in [6.07, 6.45) is 0.203. The lowest BCUT2D eigenvalue weighted by Gasteiger charge is -2.12. The number of rotatable bonds is 13. The van der Waals surface area contributed by atoms with Gasteiger partial charge in [0.2, 0.25) is 11.8 Å². The van der Waals surface area contributed by atoms with Crippen LogP contribution in [0.15, 0.2) is 29.4 Å². The minimum atomic E-state index is -0.640. The Labute approximate surface area is 246 Å². The van der Waals surface area contributed by atoms with Gasteiger partial charge < -0.3 is 29.4 Å². The second kappa shape index (κ2) is 14.6. The Morgan fingerprint density at radius 1 is 1.05 bits per heavy atom. The van der Waals surface area contributed by atoms with Gasteiger partial charge in [-0.1, -0.05) is 23.9 Å². The van der Waals surface area contributed by atoms with Crippen molar-refractivity contribution in [1.29, 1.82) is 0 Å². The van der Waals surface area contributed by atoms with Crippen LogP contribution in [-0.4, -0.2) is 64.1 Å². The van der Waals surface area contributed by atoms with Gasteiger partial charge in [-0.3, -0.25) is 9.59 Å². The second-order valence-electron chi connectivity index (χ2n) is 8.71. The van der Waals surface area contributed by atoms with Crippen molar-refractivity contribution >= 4 is 51.9 Å². The molecule has 2 amide bonds. The van der Waals surface area contributed by atoms with Crippen molar-refractivity contribution < 1.29 is 33.4 Å². The van der Waals surface area contributed by atoms with E-state index in [0.29, 0.717) is 22.3 Å². The van der Waals surface area contributed by atoms with Crippen LogP contribution in [0.3, 0.4) is 0 Å². The van der Waals surface area contributed by atoms with Gasteiger partial charge in [0.05, 0.1) is 44.1 Å². The van der Waals surface area contributed by atoms with Crippen molar-refractivity contribution in [3.63, 3.8) is 0 Å². The summed E-state index contributed by atoms with van der Waals surface area (Å²) < 4.78 is 17.1. The number of ether oxygens (including phenoxy) is 3. The van der Waals surface area contributed by atoms with Crippen molar-refractivity contribution in [2.24, 2.45) is 7.05 Å². The molecule has 3 rings (SSSR count). The Bertz CT molecular complexity index is 1400. The lowest BCUT2D eigenvalue weighted by Crippen LogP contribution is -2.26. The molecule has 3 aromatic rings. The third-order valence-corrected chi connectivity index (χ3v) is 8.19. The quantitative estimate of drug-likeness (QED) is 0.219. The number of thioether (sulfide) groups is 1. The number of carbonyl (C=O) groups is 4. The first kappa shape index (κ1) is 31.6. The number of hydrogen-bond donors (Lipinski definition) is 2. The van der Waals surface area contributed by atoms with E-state index in [2.05, 4.69) is 20.8 Å². The molecule has 0 saturated heterocycles. The highest BCUT2D eigenvalue weighted by molar-refractivity contribution is 8.00. The van der Waals surface area contributed by atoms with Gasteiger partial charge in [0, 0.05) is 7.05 Å². The van der Waals surface area contributed by atoms with E-state index < -0.39 is 23.1 Å². The molecular weight excluding hydrogens is 570 g/mol. The van der Waals surface area contributed by atoms with E-state index in [1.807, 2.05) is 12.1 Å². The fraction of sp³-hybridized carbons (Fsp3) is 0.407. The largest absolute Gasteiger partial charge is 0.497 e. The first-order chi connectivity index (χ1) is 19.6. The molecule has 0 unspecified atom stereocenters. The lowest BCUT2D eigenvalue weighted by molar-refractivity contribution is -0.120. The average molecular weight is 604 g/mol. The summed E-state index contributed by atoms with van der Waals surface area (Å²) in [5.74, 6) is -0.570. The van der Waals surface area contributed by atoms with Gasteiger partial charge in [-0.2, -0.15) is 0 Å². The molecule has 1 atom stereocenters. The molecule has 41 heavy (non-hydrogen) atoms. The molecular formula is C27H33N5O7S2. The zero-order valence-corrected chi connectivity index (χ0v) is 25.4. The predicted molar refractivity (Wildman–Crippen MR) is 154 cm³/mol. The summed E-state index contributed by atoms with van der Waals surface area (Å²) in [5.41, 5.74) is 1.35. The van der Waals surface area contributed by atoms with Gasteiger partial charge in [-0.25, -0.2) is 9.59 Å². The molecule has 12 nitrogen and oxygen atoms in total. The monoisotopic (exact) mass is 603 g/mol. The van der Waals surface area contributed by atoms with Crippen LogP contribution in [0.25, 0.3) is 0 Å². The number of methoxy groups -OCH3 is 1. The van der Waals surface area contributed by atoms with Crippen LogP contribution in [-0.2, 0) is 39.1 Å². The summed E-state index contributed by atoms with van der Waals surface area (Å²) >= 11 is 2.12. The molecule has 14 heteroatoms. The Kier molecular flexibility index (Phi) is 11.3. The number of nitrogens with one attached hydrogen (secondary N) is 2. The molecule has 0 spiro atoms.